The molecule has 0 unspecified atom stereocenters. The first-order chi connectivity index (χ1) is 23.7. The van der Waals surface area contributed by atoms with E-state index in [1.807, 2.05) is 74.3 Å². The smallest absolute Gasteiger partial charge is 0.259 e. The molecule has 0 aliphatic carbocycles. The number of hydrogen-bond acceptors (Lipinski definition) is 4. The summed E-state index contributed by atoms with van der Waals surface area (Å²) in [5.74, 6) is 0.897. The topological polar surface area (TPSA) is 63.0 Å². The third kappa shape index (κ3) is 5.61. The van der Waals surface area contributed by atoms with Crippen molar-refractivity contribution in [2.24, 2.45) is 14.1 Å². The fourth-order valence-corrected chi connectivity index (χ4v) is 7.34. The lowest BCUT2D eigenvalue weighted by atomic mass is 10.1. The lowest BCUT2D eigenvalue weighted by molar-refractivity contribution is 0.0988. The highest BCUT2D eigenvalue weighted by Crippen LogP contribution is 2.35. The van der Waals surface area contributed by atoms with Crippen molar-refractivity contribution < 1.29 is 14.3 Å². The van der Waals surface area contributed by atoms with Gasteiger partial charge in [-0.15, -0.1) is 0 Å². The molecule has 0 atom stereocenters. The van der Waals surface area contributed by atoms with Gasteiger partial charge in [0.1, 0.15) is 5.75 Å². The summed E-state index contributed by atoms with van der Waals surface area (Å²) in [7, 11) is 4.05. The molecule has 49 heavy (non-hydrogen) atoms. The van der Waals surface area contributed by atoms with Gasteiger partial charge in [-0.1, -0.05) is 24.3 Å². The van der Waals surface area contributed by atoms with Gasteiger partial charge < -0.3 is 28.6 Å². The zero-order valence-electron chi connectivity index (χ0n) is 28.5. The molecule has 3 aliphatic rings. The molecular formula is C41H41N5O3. The zero-order chi connectivity index (χ0) is 33.8. The number of carbonyl (C=O) groups excluding carboxylic acids is 2. The largest absolute Gasteiger partial charge is 0.491 e. The van der Waals surface area contributed by atoms with Crippen LogP contribution >= 0.6 is 0 Å². The van der Waals surface area contributed by atoms with Crippen LogP contribution in [-0.2, 0) is 27.2 Å². The van der Waals surface area contributed by atoms with E-state index in [0.29, 0.717) is 13.1 Å². The lowest BCUT2D eigenvalue weighted by Crippen LogP contribution is -2.23. The number of aryl methyl sites for hydroxylation is 2. The normalized spacial score (nSPS) is 15.4. The van der Waals surface area contributed by atoms with E-state index in [-0.39, 0.29) is 17.9 Å². The number of hydrogen-bond donors (Lipinski definition) is 0. The van der Waals surface area contributed by atoms with Crippen LogP contribution in [0.25, 0.3) is 21.8 Å². The van der Waals surface area contributed by atoms with E-state index in [2.05, 4.69) is 74.8 Å². The number of benzene rings is 4. The SMILES string of the molecule is CC(C)Oc1ccc2c(c1)C(=O)N(c1ccc3ccn(C)c3c1)C2.Cn1ccc2ccc(N3Cc4ccc(N5CCCC5)cc4C3=O)cc21. The minimum absolute atomic E-state index is 0.0350. The minimum Gasteiger partial charge on any atom is -0.491 e. The second-order valence-corrected chi connectivity index (χ2v) is 13.6. The van der Waals surface area contributed by atoms with Crippen molar-refractivity contribution in [3.63, 3.8) is 0 Å². The molecule has 3 aliphatic heterocycles. The van der Waals surface area contributed by atoms with Crippen molar-refractivity contribution >= 4 is 50.7 Å². The van der Waals surface area contributed by atoms with E-state index in [4.69, 9.17) is 4.74 Å². The maximum atomic E-state index is 13.0. The predicted octanol–water partition coefficient (Wildman–Crippen LogP) is 8.06. The van der Waals surface area contributed by atoms with Crippen LogP contribution in [0.4, 0.5) is 17.1 Å². The molecule has 1 saturated heterocycles. The Labute approximate surface area is 286 Å². The molecule has 0 spiro atoms. The van der Waals surface area contributed by atoms with Crippen LogP contribution in [0.2, 0.25) is 0 Å². The first-order valence-corrected chi connectivity index (χ1v) is 17.1. The Bertz CT molecular complexity index is 2240. The van der Waals surface area contributed by atoms with E-state index in [9.17, 15) is 9.59 Å². The summed E-state index contributed by atoms with van der Waals surface area (Å²) in [4.78, 5) is 32.0. The zero-order valence-corrected chi connectivity index (χ0v) is 28.5. The standard InChI is InChI=1S/C21H21N3O.C20H20N2O2/c1-22-11-8-15-4-7-18(13-20(15)22)24-14-16-5-6-17(12-19(16)21(24)25)23-9-2-3-10-23;1-13(2)24-17-7-5-15-12-22(20(23)18(15)11-17)16-6-4-14-8-9-21(3)19(14)10-16/h4-8,11-13H,2-3,9-10,14H2,1H3;4-11,13H,12H2,1-3H3. The number of fused-ring (bicyclic) bond motifs is 4. The van der Waals surface area contributed by atoms with Crippen LogP contribution in [0.5, 0.6) is 5.75 Å². The Morgan fingerprint density at radius 1 is 0.592 bits per heavy atom. The summed E-state index contributed by atoms with van der Waals surface area (Å²) in [5, 5.41) is 2.38. The fraction of sp³-hybridized carbons (Fsp3) is 0.268. The highest BCUT2D eigenvalue weighted by molar-refractivity contribution is 6.12. The second kappa shape index (κ2) is 12.2. The van der Waals surface area contributed by atoms with Gasteiger partial charge in [0.25, 0.3) is 11.8 Å². The van der Waals surface area contributed by atoms with Gasteiger partial charge in [0.15, 0.2) is 0 Å². The van der Waals surface area contributed by atoms with Gasteiger partial charge in [-0.25, -0.2) is 0 Å². The molecule has 0 N–H and O–H groups in total. The molecule has 8 nitrogen and oxygen atoms in total. The van der Waals surface area contributed by atoms with Crippen LogP contribution in [0.15, 0.2) is 97.3 Å². The third-order valence-corrected chi connectivity index (χ3v) is 9.99. The molecule has 2 aromatic heterocycles. The molecule has 6 aromatic rings. The number of nitrogens with zero attached hydrogens (tertiary/aromatic N) is 5. The minimum atomic E-state index is 0.0350. The Morgan fingerprint density at radius 3 is 1.65 bits per heavy atom. The van der Waals surface area contributed by atoms with Crippen molar-refractivity contribution in [2.45, 2.75) is 45.9 Å². The van der Waals surface area contributed by atoms with E-state index in [0.717, 1.165) is 63.5 Å². The van der Waals surface area contributed by atoms with E-state index >= 15 is 0 Å². The van der Waals surface area contributed by atoms with E-state index < -0.39 is 0 Å². The molecule has 0 bridgehead atoms. The monoisotopic (exact) mass is 651 g/mol. The van der Waals surface area contributed by atoms with Gasteiger partial charge in [-0.2, -0.15) is 0 Å². The van der Waals surface area contributed by atoms with E-state index in [1.165, 1.54) is 29.3 Å². The van der Waals surface area contributed by atoms with Crippen molar-refractivity contribution in [1.29, 1.82) is 0 Å². The summed E-state index contributed by atoms with van der Waals surface area (Å²) >= 11 is 0. The third-order valence-electron chi connectivity index (χ3n) is 9.99. The molecule has 2 amide bonds. The van der Waals surface area contributed by atoms with Crippen molar-refractivity contribution in [3.05, 3.63) is 120 Å². The highest BCUT2D eigenvalue weighted by Gasteiger charge is 2.31. The average molecular weight is 652 g/mol. The first-order valence-electron chi connectivity index (χ1n) is 17.1. The summed E-state index contributed by atoms with van der Waals surface area (Å²) < 4.78 is 9.88. The molecule has 248 valence electrons. The van der Waals surface area contributed by atoms with Crippen LogP contribution in [0, 0.1) is 0 Å². The number of amides is 2. The predicted molar refractivity (Wildman–Crippen MR) is 197 cm³/mol. The van der Waals surface area contributed by atoms with Crippen molar-refractivity contribution in [3.8, 4) is 5.75 Å². The Morgan fingerprint density at radius 2 is 1.10 bits per heavy atom. The molecule has 9 rings (SSSR count). The van der Waals surface area contributed by atoms with Crippen molar-refractivity contribution in [1.82, 2.24) is 9.13 Å². The molecule has 5 heterocycles. The molecule has 0 saturated carbocycles. The summed E-state index contributed by atoms with van der Waals surface area (Å²) in [6, 6.07) is 28.8. The van der Waals surface area contributed by atoms with Crippen LogP contribution in [0.3, 0.4) is 0 Å². The van der Waals surface area contributed by atoms with Crippen LogP contribution < -0.4 is 19.4 Å². The first kappa shape index (κ1) is 30.8. The van der Waals surface area contributed by atoms with Crippen molar-refractivity contribution in [2.75, 3.05) is 27.8 Å². The molecule has 4 aromatic carbocycles. The average Bonchev–Trinajstić information content (AvgIpc) is 3.94. The van der Waals surface area contributed by atoms with Gasteiger partial charge in [0.05, 0.1) is 19.2 Å². The maximum absolute atomic E-state index is 13.0. The summed E-state index contributed by atoms with van der Waals surface area (Å²) in [5.41, 5.74) is 9.12. The molecular weight excluding hydrogens is 610 g/mol. The molecule has 0 radical (unpaired) electrons. The van der Waals surface area contributed by atoms with Gasteiger partial charge in [-0.3, -0.25) is 9.59 Å². The van der Waals surface area contributed by atoms with Gasteiger partial charge in [0.2, 0.25) is 0 Å². The molecule has 1 fully saturated rings. The highest BCUT2D eigenvalue weighted by atomic mass is 16.5. The number of carbonyl (C=O) groups is 2. The van der Waals surface area contributed by atoms with Gasteiger partial charge >= 0.3 is 0 Å². The number of rotatable bonds is 5. The number of aromatic nitrogens is 2. The second-order valence-electron chi connectivity index (χ2n) is 13.6. The number of anilines is 3. The van der Waals surface area contributed by atoms with Crippen LogP contribution in [0.1, 0.15) is 58.5 Å². The van der Waals surface area contributed by atoms with Gasteiger partial charge in [-0.05, 0) is 109 Å². The molecule has 8 heteroatoms. The number of ether oxygens (including phenoxy) is 1. The summed E-state index contributed by atoms with van der Waals surface area (Å²) in [6.45, 7) is 7.42. The fourth-order valence-electron chi connectivity index (χ4n) is 7.34. The lowest BCUT2D eigenvalue weighted by Gasteiger charge is -2.18. The summed E-state index contributed by atoms with van der Waals surface area (Å²) in [6.07, 6.45) is 6.67. The quantitative estimate of drug-likeness (QED) is 0.189. The Hall–Kier alpha value is -5.50. The Balaban J connectivity index is 0.000000142. The van der Waals surface area contributed by atoms with Gasteiger partial charge in [0, 0.05) is 78.8 Å². The Kier molecular flexibility index (Phi) is 7.66. The van der Waals surface area contributed by atoms with E-state index in [1.54, 1.807) is 0 Å². The van der Waals surface area contributed by atoms with Crippen LogP contribution in [-0.4, -0.2) is 40.1 Å². The maximum Gasteiger partial charge on any atom is 0.259 e.